The molecular formula is C21H20ClN7O3S. The molecule has 0 saturated carbocycles. The fourth-order valence-corrected chi connectivity index (χ4v) is 4.60. The van der Waals surface area contributed by atoms with Crippen LogP contribution >= 0.6 is 23.1 Å². The van der Waals surface area contributed by atoms with E-state index >= 15 is 0 Å². The summed E-state index contributed by atoms with van der Waals surface area (Å²) in [5, 5.41) is 20.3. The van der Waals surface area contributed by atoms with Gasteiger partial charge < -0.3 is 10.0 Å². The average molecular weight is 486 g/mol. The summed E-state index contributed by atoms with van der Waals surface area (Å²) in [6, 6.07) is 7.07. The van der Waals surface area contributed by atoms with E-state index in [2.05, 4.69) is 19.7 Å². The Morgan fingerprint density at radius 3 is 2.64 bits per heavy atom. The predicted molar refractivity (Wildman–Crippen MR) is 123 cm³/mol. The van der Waals surface area contributed by atoms with Gasteiger partial charge in [-0.1, -0.05) is 16.1 Å². The van der Waals surface area contributed by atoms with Crippen molar-refractivity contribution >= 4 is 40.1 Å². The lowest BCUT2D eigenvalue weighted by atomic mass is 9.91. The Bertz CT molecular complexity index is 1390. The van der Waals surface area contributed by atoms with Gasteiger partial charge in [0.2, 0.25) is 0 Å². The summed E-state index contributed by atoms with van der Waals surface area (Å²) in [4.78, 5) is 32.6. The SMILES string of the molecule is Cc1snnc1C(=O)N1CCC(O)(Cn2cnc3c(cnn3-c3ccc(Cl)cc3)c2=O)CC1. The van der Waals surface area contributed by atoms with E-state index in [0.717, 1.165) is 10.6 Å². The molecule has 12 heteroatoms. The molecule has 0 unspecified atom stereocenters. The molecule has 10 nitrogen and oxygen atoms in total. The van der Waals surface area contributed by atoms with Crippen LogP contribution in [0.15, 0.2) is 41.6 Å². The lowest BCUT2D eigenvalue weighted by Crippen LogP contribution is -2.49. The number of hydrogen-bond acceptors (Lipinski definition) is 8. The molecule has 170 valence electrons. The number of halogens is 1. The normalized spacial score (nSPS) is 15.8. The zero-order valence-electron chi connectivity index (χ0n) is 17.7. The number of hydrogen-bond donors (Lipinski definition) is 1. The van der Waals surface area contributed by atoms with Crippen molar-refractivity contribution in [1.29, 1.82) is 0 Å². The molecule has 1 fully saturated rings. The molecule has 0 radical (unpaired) electrons. The molecule has 0 aliphatic carbocycles. The van der Waals surface area contributed by atoms with Crippen molar-refractivity contribution in [2.45, 2.75) is 31.9 Å². The lowest BCUT2D eigenvalue weighted by molar-refractivity contribution is -0.0300. The number of carbonyl (C=O) groups is 1. The van der Waals surface area contributed by atoms with E-state index in [1.807, 2.05) is 6.92 Å². The second kappa shape index (κ2) is 8.32. The third-order valence-electron chi connectivity index (χ3n) is 5.93. The first kappa shape index (κ1) is 21.7. The van der Waals surface area contributed by atoms with Gasteiger partial charge in [0.15, 0.2) is 11.3 Å². The molecule has 1 amide bonds. The summed E-state index contributed by atoms with van der Waals surface area (Å²) in [5.41, 5.74) is 0.112. The Hall–Kier alpha value is -3.15. The van der Waals surface area contributed by atoms with Crippen LogP contribution in [0.1, 0.15) is 28.2 Å². The van der Waals surface area contributed by atoms with Crippen molar-refractivity contribution in [1.82, 2.24) is 33.8 Å². The molecule has 0 atom stereocenters. The van der Waals surface area contributed by atoms with Crippen molar-refractivity contribution in [2.24, 2.45) is 0 Å². The zero-order chi connectivity index (χ0) is 23.2. The Kier molecular flexibility index (Phi) is 5.47. The van der Waals surface area contributed by atoms with Crippen LogP contribution in [0, 0.1) is 6.92 Å². The molecule has 1 aliphatic rings. The maximum atomic E-state index is 13.1. The Balaban J connectivity index is 1.34. The zero-order valence-corrected chi connectivity index (χ0v) is 19.3. The van der Waals surface area contributed by atoms with Crippen LogP contribution in [0.3, 0.4) is 0 Å². The molecule has 4 heterocycles. The molecular weight excluding hydrogens is 466 g/mol. The molecule has 5 rings (SSSR count). The highest BCUT2D eigenvalue weighted by Crippen LogP contribution is 2.26. The van der Waals surface area contributed by atoms with Crippen molar-refractivity contribution in [3.63, 3.8) is 0 Å². The number of nitrogens with zero attached hydrogens (tertiary/aromatic N) is 7. The summed E-state index contributed by atoms with van der Waals surface area (Å²) in [6.07, 6.45) is 3.58. The van der Waals surface area contributed by atoms with Gasteiger partial charge in [-0.2, -0.15) is 5.10 Å². The van der Waals surface area contributed by atoms with Gasteiger partial charge in [0.05, 0.1) is 28.9 Å². The fraction of sp³-hybridized carbons (Fsp3) is 0.333. The fourth-order valence-electron chi connectivity index (χ4n) is 4.01. The number of amides is 1. The molecule has 33 heavy (non-hydrogen) atoms. The standard InChI is InChI=1S/C21H20ClN7O3S/c1-13-17(25-26-33-13)20(31)27-8-6-21(32,7-9-27)11-28-12-23-18-16(19(28)30)10-24-29(18)15-4-2-14(22)3-5-15/h2-5,10,12,32H,6-9,11H2,1H3. The molecule has 4 aromatic rings. The highest BCUT2D eigenvalue weighted by molar-refractivity contribution is 7.05. The summed E-state index contributed by atoms with van der Waals surface area (Å²) in [7, 11) is 0. The first-order valence-electron chi connectivity index (χ1n) is 10.3. The number of likely N-dealkylation sites (tertiary alicyclic amines) is 1. The smallest absolute Gasteiger partial charge is 0.275 e. The van der Waals surface area contributed by atoms with E-state index in [-0.39, 0.29) is 18.0 Å². The summed E-state index contributed by atoms with van der Waals surface area (Å²) < 4.78 is 6.80. The van der Waals surface area contributed by atoms with Gasteiger partial charge in [-0.05, 0) is 55.6 Å². The van der Waals surface area contributed by atoms with Crippen molar-refractivity contribution in [3.8, 4) is 5.69 Å². The monoisotopic (exact) mass is 485 g/mol. The highest BCUT2D eigenvalue weighted by atomic mass is 35.5. The van der Waals surface area contributed by atoms with E-state index in [0.29, 0.717) is 47.7 Å². The minimum Gasteiger partial charge on any atom is -0.388 e. The second-order valence-electron chi connectivity index (χ2n) is 8.14. The van der Waals surface area contributed by atoms with Gasteiger partial charge >= 0.3 is 0 Å². The molecule has 1 aliphatic heterocycles. The summed E-state index contributed by atoms with van der Waals surface area (Å²) >= 11 is 7.14. The Morgan fingerprint density at radius 1 is 1.24 bits per heavy atom. The van der Waals surface area contributed by atoms with Gasteiger partial charge in [0.25, 0.3) is 11.5 Å². The van der Waals surface area contributed by atoms with Gasteiger partial charge in [0, 0.05) is 18.1 Å². The van der Waals surface area contributed by atoms with Gasteiger partial charge in [0.1, 0.15) is 11.7 Å². The molecule has 0 bridgehead atoms. The molecule has 0 spiro atoms. The van der Waals surface area contributed by atoms with E-state index in [1.165, 1.54) is 28.6 Å². The minimum absolute atomic E-state index is 0.0835. The van der Waals surface area contributed by atoms with Crippen molar-refractivity contribution in [3.05, 3.63) is 62.7 Å². The van der Waals surface area contributed by atoms with Crippen molar-refractivity contribution in [2.75, 3.05) is 13.1 Å². The van der Waals surface area contributed by atoms with Gasteiger partial charge in [-0.3, -0.25) is 14.2 Å². The Labute approximate surface area is 197 Å². The maximum Gasteiger partial charge on any atom is 0.275 e. The third kappa shape index (κ3) is 4.03. The largest absolute Gasteiger partial charge is 0.388 e. The van der Waals surface area contributed by atoms with Crippen LogP contribution in [-0.2, 0) is 6.54 Å². The molecule has 3 aromatic heterocycles. The number of aromatic nitrogens is 6. The van der Waals surface area contributed by atoms with E-state index in [1.54, 1.807) is 33.8 Å². The van der Waals surface area contributed by atoms with Gasteiger partial charge in [-0.15, -0.1) is 5.10 Å². The van der Waals surface area contributed by atoms with Crippen LogP contribution in [-0.4, -0.2) is 63.5 Å². The number of carbonyl (C=O) groups excluding carboxylic acids is 1. The number of rotatable bonds is 4. The van der Waals surface area contributed by atoms with E-state index < -0.39 is 5.60 Å². The van der Waals surface area contributed by atoms with Crippen LogP contribution in [0.5, 0.6) is 0 Å². The van der Waals surface area contributed by atoms with Crippen molar-refractivity contribution < 1.29 is 9.90 Å². The van der Waals surface area contributed by atoms with Crippen LogP contribution in [0.25, 0.3) is 16.7 Å². The quantitative estimate of drug-likeness (QED) is 0.470. The van der Waals surface area contributed by atoms with Gasteiger partial charge in [-0.25, -0.2) is 9.67 Å². The first-order valence-corrected chi connectivity index (χ1v) is 11.5. The summed E-state index contributed by atoms with van der Waals surface area (Å²) in [5.74, 6) is -0.182. The van der Waals surface area contributed by atoms with Crippen LogP contribution in [0.4, 0.5) is 0 Å². The number of fused-ring (bicyclic) bond motifs is 1. The minimum atomic E-state index is -1.13. The highest BCUT2D eigenvalue weighted by Gasteiger charge is 2.36. The Morgan fingerprint density at radius 2 is 1.97 bits per heavy atom. The third-order valence-corrected chi connectivity index (χ3v) is 6.81. The van der Waals surface area contributed by atoms with Crippen LogP contribution < -0.4 is 5.56 Å². The summed E-state index contributed by atoms with van der Waals surface area (Å²) in [6.45, 7) is 2.62. The number of piperidine rings is 1. The van der Waals surface area contributed by atoms with Crippen LogP contribution in [0.2, 0.25) is 5.02 Å². The maximum absolute atomic E-state index is 13.1. The first-order chi connectivity index (χ1) is 15.8. The molecule has 1 saturated heterocycles. The molecule has 1 N–H and O–H groups in total. The number of aliphatic hydroxyl groups is 1. The lowest BCUT2D eigenvalue weighted by Gasteiger charge is -2.38. The second-order valence-corrected chi connectivity index (χ2v) is 9.54. The topological polar surface area (TPSA) is 119 Å². The van der Waals surface area contributed by atoms with E-state index in [4.69, 9.17) is 11.6 Å². The number of benzene rings is 1. The average Bonchev–Trinajstić information content (AvgIpc) is 3.43. The predicted octanol–water partition coefficient (Wildman–Crippen LogP) is 2.06. The number of aryl methyl sites for hydroxylation is 1. The van der Waals surface area contributed by atoms with E-state index in [9.17, 15) is 14.7 Å². The molecule has 1 aromatic carbocycles.